The van der Waals surface area contributed by atoms with E-state index in [1.807, 2.05) is 17.5 Å². The summed E-state index contributed by atoms with van der Waals surface area (Å²) in [6, 6.07) is 9.82. The largest absolute Gasteiger partial charge is 0.407 e. The third-order valence-corrected chi connectivity index (χ3v) is 6.55. The van der Waals surface area contributed by atoms with Crippen molar-refractivity contribution in [1.82, 2.24) is 10.2 Å². The molecule has 0 atom stereocenters. The molecule has 0 aliphatic rings. The summed E-state index contributed by atoms with van der Waals surface area (Å²) in [6.07, 6.45) is 0.697. The molecule has 3 aromatic rings. The molecular weight excluding hydrogens is 410 g/mol. The lowest BCUT2D eigenvalue weighted by Crippen LogP contribution is -2.14. The number of amides is 1. The van der Waals surface area contributed by atoms with E-state index in [1.165, 1.54) is 24.3 Å². The van der Waals surface area contributed by atoms with Gasteiger partial charge >= 0.3 is 6.01 Å². The highest BCUT2D eigenvalue weighted by Gasteiger charge is 2.16. The fourth-order valence-electron chi connectivity index (χ4n) is 2.30. The second-order valence-corrected chi connectivity index (χ2v) is 9.26. The molecule has 0 saturated heterocycles. The minimum absolute atomic E-state index is 0.00659. The SMILES string of the molecule is O=C(CCCS(=O)(=O)c1ccc(Cl)cc1)Nc1nnc(Cc2cccs2)o1. The molecule has 0 unspecified atom stereocenters. The quantitative estimate of drug-likeness (QED) is 0.591. The zero-order chi connectivity index (χ0) is 19.3. The number of thiophene rings is 1. The Morgan fingerprint density at radius 1 is 1.19 bits per heavy atom. The maximum atomic E-state index is 12.2. The molecule has 142 valence electrons. The molecule has 2 heterocycles. The first-order chi connectivity index (χ1) is 12.9. The third kappa shape index (κ3) is 5.62. The Balaban J connectivity index is 1.47. The number of carbonyl (C=O) groups is 1. The molecule has 10 heteroatoms. The minimum Gasteiger partial charge on any atom is -0.407 e. The Bertz CT molecular complexity index is 999. The van der Waals surface area contributed by atoms with Crippen LogP contribution in [-0.4, -0.2) is 30.3 Å². The van der Waals surface area contributed by atoms with Crippen molar-refractivity contribution in [1.29, 1.82) is 0 Å². The number of nitrogens with zero attached hydrogens (tertiary/aromatic N) is 2. The van der Waals surface area contributed by atoms with Crippen molar-refractivity contribution < 1.29 is 17.6 Å². The van der Waals surface area contributed by atoms with Gasteiger partial charge in [-0.3, -0.25) is 10.1 Å². The van der Waals surface area contributed by atoms with Crippen molar-refractivity contribution in [3.8, 4) is 0 Å². The van der Waals surface area contributed by atoms with E-state index in [9.17, 15) is 13.2 Å². The molecule has 0 bridgehead atoms. The number of halogens is 1. The molecule has 0 saturated carbocycles. The molecule has 0 fully saturated rings. The van der Waals surface area contributed by atoms with Crippen LogP contribution in [0.4, 0.5) is 6.01 Å². The zero-order valence-corrected chi connectivity index (χ0v) is 16.5. The molecule has 0 radical (unpaired) electrons. The second-order valence-electron chi connectivity index (χ2n) is 5.68. The standard InChI is InChI=1S/C17H16ClN3O4S2/c18-12-5-7-14(8-6-12)27(23,24)10-2-4-15(22)19-17-21-20-16(25-17)11-13-3-1-9-26-13/h1,3,5-9H,2,4,10-11H2,(H,19,21,22). The third-order valence-electron chi connectivity index (χ3n) is 3.61. The van der Waals surface area contributed by atoms with Gasteiger partial charge in [0.25, 0.3) is 0 Å². The van der Waals surface area contributed by atoms with Crippen molar-refractivity contribution in [3.63, 3.8) is 0 Å². The van der Waals surface area contributed by atoms with Crippen molar-refractivity contribution in [2.45, 2.75) is 24.2 Å². The van der Waals surface area contributed by atoms with E-state index in [4.69, 9.17) is 16.0 Å². The predicted octanol–water partition coefficient (Wildman–Crippen LogP) is 3.57. The average Bonchev–Trinajstić information content (AvgIpc) is 3.28. The van der Waals surface area contributed by atoms with E-state index in [2.05, 4.69) is 15.5 Å². The fourth-order valence-corrected chi connectivity index (χ4v) is 4.43. The number of benzene rings is 1. The highest BCUT2D eigenvalue weighted by Crippen LogP contribution is 2.17. The molecule has 0 aliphatic carbocycles. The molecule has 1 aromatic carbocycles. The highest BCUT2D eigenvalue weighted by molar-refractivity contribution is 7.91. The fraction of sp³-hybridized carbons (Fsp3) is 0.235. The van der Waals surface area contributed by atoms with E-state index >= 15 is 0 Å². The van der Waals surface area contributed by atoms with Gasteiger partial charge in [0.05, 0.1) is 17.1 Å². The predicted molar refractivity (Wildman–Crippen MR) is 103 cm³/mol. The maximum Gasteiger partial charge on any atom is 0.322 e. The van der Waals surface area contributed by atoms with E-state index in [1.54, 1.807) is 11.3 Å². The molecule has 2 aromatic heterocycles. The first kappa shape index (κ1) is 19.5. The number of anilines is 1. The number of hydrogen-bond donors (Lipinski definition) is 1. The maximum absolute atomic E-state index is 12.2. The van der Waals surface area contributed by atoms with Crippen molar-refractivity contribution in [3.05, 3.63) is 57.6 Å². The van der Waals surface area contributed by atoms with Crippen LogP contribution in [0.1, 0.15) is 23.6 Å². The van der Waals surface area contributed by atoms with Crippen LogP contribution in [0.25, 0.3) is 0 Å². The van der Waals surface area contributed by atoms with Gasteiger partial charge in [-0.05, 0) is 42.1 Å². The van der Waals surface area contributed by atoms with Gasteiger partial charge in [-0.15, -0.1) is 16.4 Å². The first-order valence-electron chi connectivity index (χ1n) is 8.05. The Hall–Kier alpha value is -2.23. The first-order valence-corrected chi connectivity index (χ1v) is 11.0. The topological polar surface area (TPSA) is 102 Å². The van der Waals surface area contributed by atoms with Crippen molar-refractivity contribution in [2.24, 2.45) is 0 Å². The van der Waals surface area contributed by atoms with Gasteiger partial charge < -0.3 is 4.42 Å². The van der Waals surface area contributed by atoms with Gasteiger partial charge in [-0.1, -0.05) is 22.8 Å². The van der Waals surface area contributed by atoms with Gasteiger partial charge in [-0.25, -0.2) is 8.42 Å². The van der Waals surface area contributed by atoms with Gasteiger partial charge in [0, 0.05) is 16.3 Å². The monoisotopic (exact) mass is 425 g/mol. The number of nitrogens with one attached hydrogen (secondary N) is 1. The van der Waals surface area contributed by atoms with Crippen LogP contribution in [-0.2, 0) is 21.1 Å². The van der Waals surface area contributed by atoms with E-state index in [0.717, 1.165) is 4.88 Å². The Labute approximate surface area is 165 Å². The summed E-state index contributed by atoms with van der Waals surface area (Å²) in [5.41, 5.74) is 0. The number of sulfone groups is 1. The van der Waals surface area contributed by atoms with Crippen LogP contribution >= 0.6 is 22.9 Å². The molecule has 0 spiro atoms. The Morgan fingerprint density at radius 3 is 2.67 bits per heavy atom. The summed E-state index contributed by atoms with van der Waals surface area (Å²) in [7, 11) is -3.46. The zero-order valence-electron chi connectivity index (χ0n) is 14.1. The van der Waals surface area contributed by atoms with Gasteiger partial charge in [0.15, 0.2) is 9.84 Å². The normalized spacial score (nSPS) is 11.4. The van der Waals surface area contributed by atoms with Gasteiger partial charge in [0.2, 0.25) is 11.8 Å². The molecule has 3 rings (SSSR count). The van der Waals surface area contributed by atoms with E-state index < -0.39 is 9.84 Å². The number of carbonyl (C=O) groups excluding carboxylic acids is 1. The smallest absolute Gasteiger partial charge is 0.322 e. The molecule has 0 aliphatic heterocycles. The van der Waals surface area contributed by atoms with Crippen molar-refractivity contribution in [2.75, 3.05) is 11.1 Å². The lowest BCUT2D eigenvalue weighted by Gasteiger charge is -2.04. The highest BCUT2D eigenvalue weighted by atomic mass is 35.5. The Morgan fingerprint density at radius 2 is 1.96 bits per heavy atom. The lowest BCUT2D eigenvalue weighted by atomic mass is 10.3. The van der Waals surface area contributed by atoms with Gasteiger partial charge in [0.1, 0.15) is 0 Å². The summed E-state index contributed by atoms with van der Waals surface area (Å²) >= 11 is 7.33. The summed E-state index contributed by atoms with van der Waals surface area (Å²) < 4.78 is 29.8. The Kier molecular flexibility index (Phi) is 6.25. The summed E-state index contributed by atoms with van der Waals surface area (Å²) in [5, 5.41) is 12.6. The van der Waals surface area contributed by atoms with Crippen LogP contribution < -0.4 is 5.32 Å². The molecule has 27 heavy (non-hydrogen) atoms. The van der Waals surface area contributed by atoms with Crippen LogP contribution in [0.15, 0.2) is 51.1 Å². The van der Waals surface area contributed by atoms with Crippen LogP contribution in [0.2, 0.25) is 5.02 Å². The van der Waals surface area contributed by atoms with Crippen LogP contribution in [0, 0.1) is 0 Å². The minimum atomic E-state index is -3.46. The summed E-state index contributed by atoms with van der Waals surface area (Å²) in [5.74, 6) is -0.124. The average molecular weight is 426 g/mol. The lowest BCUT2D eigenvalue weighted by molar-refractivity contribution is -0.116. The number of hydrogen-bond acceptors (Lipinski definition) is 7. The van der Waals surface area contributed by atoms with E-state index in [-0.39, 0.29) is 35.4 Å². The number of rotatable bonds is 8. The summed E-state index contributed by atoms with van der Waals surface area (Å²) in [4.78, 5) is 13.2. The van der Waals surface area contributed by atoms with E-state index in [0.29, 0.717) is 17.3 Å². The molecular formula is C17H16ClN3O4S2. The molecule has 1 amide bonds. The van der Waals surface area contributed by atoms with Crippen LogP contribution in [0.3, 0.4) is 0 Å². The van der Waals surface area contributed by atoms with Crippen LogP contribution in [0.5, 0.6) is 0 Å². The van der Waals surface area contributed by atoms with Gasteiger partial charge in [-0.2, -0.15) is 0 Å². The summed E-state index contributed by atoms with van der Waals surface area (Å²) in [6.45, 7) is 0. The number of aromatic nitrogens is 2. The molecule has 7 nitrogen and oxygen atoms in total. The van der Waals surface area contributed by atoms with Crippen molar-refractivity contribution >= 4 is 44.7 Å². The molecule has 1 N–H and O–H groups in total. The second kappa shape index (κ2) is 8.64.